The highest BCUT2D eigenvalue weighted by molar-refractivity contribution is 9.10. The van der Waals surface area contributed by atoms with E-state index in [0.717, 1.165) is 5.88 Å². The predicted molar refractivity (Wildman–Crippen MR) is 72.0 cm³/mol. The van der Waals surface area contributed by atoms with E-state index in [1.165, 1.54) is 47.9 Å². The van der Waals surface area contributed by atoms with Crippen LogP contribution in [0.25, 0.3) is 0 Å². The Morgan fingerprint density at radius 2 is 2.07 bits per heavy atom. The zero-order valence-corrected chi connectivity index (χ0v) is 11.9. The minimum absolute atomic E-state index is 0.393. The summed E-state index contributed by atoms with van der Waals surface area (Å²) in [5.74, 6) is 0.822. The maximum Gasteiger partial charge on any atom is 0.0285 e. The lowest BCUT2D eigenvalue weighted by atomic mass is 9.73. The molecule has 0 bridgehead atoms. The average molecular weight is 308 g/mol. The van der Waals surface area contributed by atoms with Crippen LogP contribution >= 0.6 is 38.9 Å². The van der Waals surface area contributed by atoms with Gasteiger partial charge in [-0.2, -0.15) is 0 Å². The van der Waals surface area contributed by atoms with Crippen molar-refractivity contribution in [1.82, 2.24) is 0 Å². The molecule has 3 heteroatoms. The number of hydrogen-bond acceptors (Lipinski definition) is 1. The summed E-state index contributed by atoms with van der Waals surface area (Å²) in [7, 11) is 0. The highest BCUT2D eigenvalue weighted by atomic mass is 79.9. The SMILES string of the molecule is ClCC1(Cc2cc(Br)cs2)CCCCC1. The van der Waals surface area contributed by atoms with Gasteiger partial charge in [0.15, 0.2) is 0 Å². The lowest BCUT2D eigenvalue weighted by Gasteiger charge is -2.35. The molecule has 1 saturated carbocycles. The molecule has 2 rings (SSSR count). The second kappa shape index (κ2) is 5.20. The van der Waals surface area contributed by atoms with E-state index in [-0.39, 0.29) is 0 Å². The molecule has 1 aliphatic carbocycles. The first kappa shape index (κ1) is 11.9. The van der Waals surface area contributed by atoms with Crippen LogP contribution < -0.4 is 0 Å². The monoisotopic (exact) mass is 306 g/mol. The third-order valence-corrected chi connectivity index (χ3v) is 5.63. The van der Waals surface area contributed by atoms with Gasteiger partial charge in [-0.3, -0.25) is 0 Å². The van der Waals surface area contributed by atoms with E-state index in [4.69, 9.17) is 11.6 Å². The first-order valence-corrected chi connectivity index (χ1v) is 7.74. The van der Waals surface area contributed by atoms with Crippen LogP contribution in [-0.4, -0.2) is 5.88 Å². The Morgan fingerprint density at radius 1 is 1.33 bits per heavy atom. The summed E-state index contributed by atoms with van der Waals surface area (Å²) in [5.41, 5.74) is 0.393. The van der Waals surface area contributed by atoms with Gasteiger partial charge in [-0.25, -0.2) is 0 Å². The summed E-state index contributed by atoms with van der Waals surface area (Å²) in [4.78, 5) is 1.48. The van der Waals surface area contributed by atoms with Gasteiger partial charge in [0, 0.05) is 20.6 Å². The Morgan fingerprint density at radius 3 is 2.60 bits per heavy atom. The molecular formula is C12H16BrClS. The highest BCUT2D eigenvalue weighted by Crippen LogP contribution is 2.41. The zero-order valence-electron chi connectivity index (χ0n) is 8.77. The van der Waals surface area contributed by atoms with Crippen LogP contribution in [0.5, 0.6) is 0 Å². The third-order valence-electron chi connectivity index (χ3n) is 3.37. The molecule has 0 unspecified atom stereocenters. The number of thiophene rings is 1. The van der Waals surface area contributed by atoms with Crippen molar-refractivity contribution in [3.8, 4) is 0 Å². The molecule has 84 valence electrons. The van der Waals surface area contributed by atoms with Gasteiger partial charge in [0.1, 0.15) is 0 Å². The second-order valence-electron chi connectivity index (χ2n) is 4.60. The molecule has 15 heavy (non-hydrogen) atoms. The molecule has 0 aliphatic heterocycles. The van der Waals surface area contributed by atoms with E-state index in [9.17, 15) is 0 Å². The normalized spacial score (nSPS) is 20.4. The topological polar surface area (TPSA) is 0 Å². The van der Waals surface area contributed by atoms with Gasteiger partial charge in [0.05, 0.1) is 0 Å². The molecule has 0 N–H and O–H groups in total. The Bertz CT molecular complexity index is 315. The van der Waals surface area contributed by atoms with Crippen LogP contribution in [-0.2, 0) is 6.42 Å². The molecule has 0 nitrogen and oxygen atoms in total. The Balaban J connectivity index is 2.06. The summed E-state index contributed by atoms with van der Waals surface area (Å²) in [6, 6.07) is 2.24. The first-order valence-electron chi connectivity index (χ1n) is 5.53. The average Bonchev–Trinajstić information content (AvgIpc) is 2.65. The largest absolute Gasteiger partial charge is 0.148 e. The van der Waals surface area contributed by atoms with E-state index < -0.39 is 0 Å². The molecule has 1 fully saturated rings. The van der Waals surface area contributed by atoms with Crippen LogP contribution in [0.3, 0.4) is 0 Å². The van der Waals surface area contributed by atoms with Crippen molar-refractivity contribution in [2.45, 2.75) is 38.5 Å². The molecule has 0 radical (unpaired) electrons. The standard InChI is InChI=1S/C12H16BrClS/c13-10-6-11(15-8-10)7-12(9-14)4-2-1-3-5-12/h6,8H,1-5,7,9H2. The van der Waals surface area contributed by atoms with Gasteiger partial charge in [-0.15, -0.1) is 22.9 Å². The van der Waals surface area contributed by atoms with E-state index in [1.807, 2.05) is 11.3 Å². The number of hydrogen-bond donors (Lipinski definition) is 0. The van der Waals surface area contributed by atoms with Crippen LogP contribution in [0.2, 0.25) is 0 Å². The minimum Gasteiger partial charge on any atom is -0.148 e. The molecule has 1 aliphatic rings. The lowest BCUT2D eigenvalue weighted by molar-refractivity contribution is 0.221. The van der Waals surface area contributed by atoms with Gasteiger partial charge in [-0.1, -0.05) is 19.3 Å². The fourth-order valence-corrected chi connectivity index (χ4v) is 4.46. The fourth-order valence-electron chi connectivity index (χ4n) is 2.48. The quantitative estimate of drug-likeness (QED) is 0.670. The maximum absolute atomic E-state index is 6.19. The zero-order chi connectivity index (χ0) is 10.7. The van der Waals surface area contributed by atoms with E-state index in [0.29, 0.717) is 5.41 Å². The number of halogens is 2. The van der Waals surface area contributed by atoms with E-state index in [1.54, 1.807) is 0 Å². The Hall–Kier alpha value is 0.470. The number of rotatable bonds is 3. The molecule has 0 spiro atoms. The Labute approximate surface area is 109 Å². The smallest absolute Gasteiger partial charge is 0.0285 e. The molecule has 0 amide bonds. The predicted octanol–water partition coefficient (Wildman–Crippen LogP) is 5.24. The van der Waals surface area contributed by atoms with Crippen LogP contribution in [0.15, 0.2) is 15.9 Å². The van der Waals surface area contributed by atoms with Gasteiger partial charge in [0.2, 0.25) is 0 Å². The molecule has 1 aromatic heterocycles. The highest BCUT2D eigenvalue weighted by Gasteiger charge is 2.31. The Kier molecular flexibility index (Phi) is 4.14. The van der Waals surface area contributed by atoms with Crippen molar-refractivity contribution in [2.24, 2.45) is 5.41 Å². The van der Waals surface area contributed by atoms with Crippen LogP contribution in [0, 0.1) is 5.41 Å². The van der Waals surface area contributed by atoms with Crippen molar-refractivity contribution < 1.29 is 0 Å². The molecule has 1 heterocycles. The summed E-state index contributed by atoms with van der Waals surface area (Å²) < 4.78 is 1.21. The summed E-state index contributed by atoms with van der Waals surface area (Å²) in [6.45, 7) is 0. The molecule has 1 aromatic rings. The number of alkyl halides is 1. The van der Waals surface area contributed by atoms with Crippen LogP contribution in [0.4, 0.5) is 0 Å². The van der Waals surface area contributed by atoms with Gasteiger partial charge in [-0.05, 0) is 46.7 Å². The van der Waals surface area contributed by atoms with Crippen molar-refractivity contribution in [3.05, 3.63) is 20.8 Å². The second-order valence-corrected chi connectivity index (χ2v) is 6.78. The van der Waals surface area contributed by atoms with Gasteiger partial charge < -0.3 is 0 Å². The van der Waals surface area contributed by atoms with E-state index in [2.05, 4.69) is 27.4 Å². The van der Waals surface area contributed by atoms with Gasteiger partial charge >= 0.3 is 0 Å². The third kappa shape index (κ3) is 2.98. The maximum atomic E-state index is 6.19. The van der Waals surface area contributed by atoms with Crippen molar-refractivity contribution in [2.75, 3.05) is 5.88 Å². The molecule has 0 saturated heterocycles. The molecule has 0 aromatic carbocycles. The van der Waals surface area contributed by atoms with E-state index >= 15 is 0 Å². The van der Waals surface area contributed by atoms with Crippen LogP contribution in [0.1, 0.15) is 37.0 Å². The lowest BCUT2D eigenvalue weighted by Crippen LogP contribution is -2.28. The van der Waals surface area contributed by atoms with Crippen molar-refractivity contribution in [3.63, 3.8) is 0 Å². The molecular weight excluding hydrogens is 292 g/mol. The molecule has 0 atom stereocenters. The summed E-state index contributed by atoms with van der Waals surface area (Å²) in [5, 5.41) is 2.17. The van der Waals surface area contributed by atoms with Gasteiger partial charge in [0.25, 0.3) is 0 Å². The summed E-state index contributed by atoms with van der Waals surface area (Å²) >= 11 is 11.6. The fraction of sp³-hybridized carbons (Fsp3) is 0.667. The van der Waals surface area contributed by atoms with Crippen molar-refractivity contribution >= 4 is 38.9 Å². The minimum atomic E-state index is 0.393. The van der Waals surface area contributed by atoms with Crippen molar-refractivity contribution in [1.29, 1.82) is 0 Å². The summed E-state index contributed by atoms with van der Waals surface area (Å²) in [6.07, 6.45) is 7.91. The first-order chi connectivity index (χ1) is 7.24.